The Morgan fingerprint density at radius 2 is 2.36 bits per heavy atom. The fraction of sp³-hybridized carbons (Fsp3) is 0.875. The highest BCUT2D eigenvalue weighted by atomic mass is 35.5. The van der Waals surface area contributed by atoms with Gasteiger partial charge in [0, 0.05) is 6.42 Å². The van der Waals surface area contributed by atoms with Crippen LogP contribution < -0.4 is 0 Å². The van der Waals surface area contributed by atoms with Crippen LogP contribution in [0, 0.1) is 0 Å². The van der Waals surface area contributed by atoms with Gasteiger partial charge in [0.05, 0.1) is 5.88 Å². The van der Waals surface area contributed by atoms with Crippen molar-refractivity contribution in [1.82, 2.24) is 0 Å². The molecule has 2 atom stereocenters. The summed E-state index contributed by atoms with van der Waals surface area (Å²) in [4.78, 5) is 11.1. The molecule has 11 heavy (non-hydrogen) atoms. The molecule has 1 rings (SSSR count). The molecule has 0 bridgehead atoms. The van der Waals surface area contributed by atoms with Gasteiger partial charge in [-0.15, -0.1) is 11.6 Å². The van der Waals surface area contributed by atoms with Crippen molar-refractivity contribution in [3.05, 3.63) is 0 Å². The molecule has 0 aromatic rings. The number of halogens is 1. The molecule has 1 heterocycles. The predicted octanol–water partition coefficient (Wildman–Crippen LogP) is 1.75. The molecule has 3 heteroatoms. The number of hydrogen-bond donors (Lipinski definition) is 0. The van der Waals surface area contributed by atoms with E-state index in [9.17, 15) is 4.79 Å². The van der Waals surface area contributed by atoms with E-state index in [0.717, 1.165) is 12.8 Å². The van der Waals surface area contributed by atoms with Crippen LogP contribution in [0.4, 0.5) is 0 Å². The summed E-state index contributed by atoms with van der Waals surface area (Å²) in [5.74, 6) is 0.667. The highest BCUT2D eigenvalue weighted by molar-refractivity contribution is 6.18. The Labute approximate surface area is 71.9 Å². The average Bonchev–Trinajstić information content (AvgIpc) is 2.78. The standard InChI is InChI=1S/C8H13ClO2/c1-2-3-4-6(10)8-7(5-9)11-8/h7-8H,2-5H2,1H3. The summed E-state index contributed by atoms with van der Waals surface area (Å²) in [6.07, 6.45) is 2.52. The normalized spacial score (nSPS) is 28.5. The molecule has 0 aliphatic carbocycles. The van der Waals surface area contributed by atoms with E-state index in [4.69, 9.17) is 16.3 Å². The maximum Gasteiger partial charge on any atom is 0.164 e. The fourth-order valence-electron chi connectivity index (χ4n) is 1.04. The lowest BCUT2D eigenvalue weighted by atomic mass is 10.1. The lowest BCUT2D eigenvalue weighted by molar-refractivity contribution is -0.120. The molecule has 2 nitrogen and oxygen atoms in total. The number of ether oxygens (including phenoxy) is 1. The molecule has 1 aliphatic rings. The highest BCUT2D eigenvalue weighted by Gasteiger charge is 2.43. The van der Waals surface area contributed by atoms with Gasteiger partial charge in [0.25, 0.3) is 0 Å². The molecule has 0 aromatic heterocycles. The number of unbranched alkanes of at least 4 members (excludes halogenated alkanes) is 1. The van der Waals surface area contributed by atoms with Crippen LogP contribution in [0.25, 0.3) is 0 Å². The Balaban J connectivity index is 2.12. The maximum absolute atomic E-state index is 11.1. The number of ketones is 1. The van der Waals surface area contributed by atoms with Crippen molar-refractivity contribution >= 4 is 17.4 Å². The Morgan fingerprint density at radius 3 is 2.82 bits per heavy atom. The first-order valence-corrected chi connectivity index (χ1v) is 4.57. The monoisotopic (exact) mass is 176 g/mol. The lowest BCUT2D eigenvalue weighted by Gasteiger charge is -1.92. The van der Waals surface area contributed by atoms with Gasteiger partial charge in [0.2, 0.25) is 0 Å². The van der Waals surface area contributed by atoms with Gasteiger partial charge in [-0.25, -0.2) is 0 Å². The summed E-state index contributed by atoms with van der Waals surface area (Å²) >= 11 is 5.49. The third-order valence-electron chi connectivity index (χ3n) is 1.83. The fourth-order valence-corrected chi connectivity index (χ4v) is 1.27. The van der Waals surface area contributed by atoms with Crippen molar-refractivity contribution in [3.63, 3.8) is 0 Å². The van der Waals surface area contributed by atoms with Gasteiger partial charge in [-0.1, -0.05) is 13.3 Å². The minimum absolute atomic E-state index is 0.0148. The van der Waals surface area contributed by atoms with E-state index in [2.05, 4.69) is 6.92 Å². The summed E-state index contributed by atoms with van der Waals surface area (Å²) in [6.45, 7) is 2.07. The van der Waals surface area contributed by atoms with E-state index in [0.29, 0.717) is 12.3 Å². The SMILES string of the molecule is CCCCC(=O)C1OC1CCl. The van der Waals surface area contributed by atoms with E-state index in [1.807, 2.05) is 0 Å². The van der Waals surface area contributed by atoms with Crippen LogP contribution in [0.15, 0.2) is 0 Å². The number of epoxide rings is 1. The van der Waals surface area contributed by atoms with Gasteiger partial charge in [-0.2, -0.15) is 0 Å². The lowest BCUT2D eigenvalue weighted by Crippen LogP contribution is -2.09. The number of alkyl halides is 1. The number of carbonyl (C=O) groups excluding carboxylic acids is 1. The van der Waals surface area contributed by atoms with Crippen molar-refractivity contribution in [2.75, 3.05) is 5.88 Å². The molecule has 0 spiro atoms. The zero-order valence-corrected chi connectivity index (χ0v) is 7.43. The quantitative estimate of drug-likeness (QED) is 0.472. The third-order valence-corrected chi connectivity index (χ3v) is 2.13. The average molecular weight is 177 g/mol. The second-order valence-corrected chi connectivity index (χ2v) is 3.13. The van der Waals surface area contributed by atoms with Crippen LogP contribution in [0.3, 0.4) is 0 Å². The van der Waals surface area contributed by atoms with Crippen LogP contribution >= 0.6 is 11.6 Å². The minimum atomic E-state index is -0.168. The Morgan fingerprint density at radius 1 is 1.64 bits per heavy atom. The Kier molecular flexibility index (Phi) is 3.34. The predicted molar refractivity (Wildman–Crippen MR) is 43.9 cm³/mol. The first-order chi connectivity index (χ1) is 5.29. The largest absolute Gasteiger partial charge is 0.360 e. The van der Waals surface area contributed by atoms with E-state index in [1.54, 1.807) is 0 Å². The van der Waals surface area contributed by atoms with Crippen LogP contribution in [-0.4, -0.2) is 23.9 Å². The molecule has 0 amide bonds. The van der Waals surface area contributed by atoms with E-state index >= 15 is 0 Å². The highest BCUT2D eigenvalue weighted by Crippen LogP contribution is 2.25. The minimum Gasteiger partial charge on any atom is -0.360 e. The Bertz CT molecular complexity index is 147. The van der Waals surface area contributed by atoms with Gasteiger partial charge in [0.15, 0.2) is 5.78 Å². The molecule has 0 N–H and O–H groups in total. The second-order valence-electron chi connectivity index (χ2n) is 2.82. The maximum atomic E-state index is 11.1. The van der Waals surface area contributed by atoms with E-state index in [-0.39, 0.29) is 18.0 Å². The molecule has 0 saturated carbocycles. The molecule has 0 radical (unpaired) electrons. The first-order valence-electron chi connectivity index (χ1n) is 4.03. The number of rotatable bonds is 5. The molecule has 1 aliphatic heterocycles. The first kappa shape index (κ1) is 9.01. The summed E-state index contributed by atoms with van der Waals surface area (Å²) in [5.41, 5.74) is 0. The van der Waals surface area contributed by atoms with Gasteiger partial charge in [0.1, 0.15) is 12.2 Å². The van der Waals surface area contributed by atoms with E-state index in [1.165, 1.54) is 0 Å². The van der Waals surface area contributed by atoms with Crippen molar-refractivity contribution in [1.29, 1.82) is 0 Å². The summed E-state index contributed by atoms with van der Waals surface area (Å²) in [6, 6.07) is 0. The Hall–Kier alpha value is -0.0800. The number of carbonyl (C=O) groups is 1. The van der Waals surface area contributed by atoms with Crippen molar-refractivity contribution in [2.24, 2.45) is 0 Å². The zero-order valence-electron chi connectivity index (χ0n) is 6.68. The molecule has 64 valence electrons. The van der Waals surface area contributed by atoms with Crippen LogP contribution in [0.2, 0.25) is 0 Å². The zero-order chi connectivity index (χ0) is 8.27. The summed E-state index contributed by atoms with van der Waals surface area (Å²) < 4.78 is 5.04. The summed E-state index contributed by atoms with van der Waals surface area (Å²) in [7, 11) is 0. The van der Waals surface area contributed by atoms with Crippen molar-refractivity contribution in [3.8, 4) is 0 Å². The van der Waals surface area contributed by atoms with Gasteiger partial charge in [-0.05, 0) is 6.42 Å². The van der Waals surface area contributed by atoms with Crippen LogP contribution in [-0.2, 0) is 9.53 Å². The molecule has 2 unspecified atom stereocenters. The topological polar surface area (TPSA) is 29.6 Å². The third kappa shape index (κ3) is 2.46. The van der Waals surface area contributed by atoms with E-state index < -0.39 is 0 Å². The smallest absolute Gasteiger partial charge is 0.164 e. The van der Waals surface area contributed by atoms with Gasteiger partial charge < -0.3 is 4.74 Å². The molecular weight excluding hydrogens is 164 g/mol. The second kappa shape index (κ2) is 4.07. The number of Topliss-reactive ketones (excluding diaryl/α,β-unsaturated/α-hetero) is 1. The molecule has 0 aromatic carbocycles. The molecule has 1 fully saturated rings. The van der Waals surface area contributed by atoms with Gasteiger partial charge >= 0.3 is 0 Å². The van der Waals surface area contributed by atoms with Crippen LogP contribution in [0.1, 0.15) is 26.2 Å². The number of hydrogen-bond acceptors (Lipinski definition) is 2. The molecular formula is C8H13ClO2. The van der Waals surface area contributed by atoms with Crippen LogP contribution in [0.5, 0.6) is 0 Å². The van der Waals surface area contributed by atoms with Crippen molar-refractivity contribution < 1.29 is 9.53 Å². The summed E-state index contributed by atoms with van der Waals surface area (Å²) in [5, 5.41) is 0. The van der Waals surface area contributed by atoms with Crippen molar-refractivity contribution in [2.45, 2.75) is 38.4 Å². The molecule has 1 saturated heterocycles. The van der Waals surface area contributed by atoms with Gasteiger partial charge in [-0.3, -0.25) is 4.79 Å².